The van der Waals surface area contributed by atoms with Gasteiger partial charge in [0.25, 0.3) is 0 Å². The first-order valence-electron chi connectivity index (χ1n) is 8.12. The molecule has 3 rings (SSSR count). The van der Waals surface area contributed by atoms with E-state index in [2.05, 4.69) is 46.2 Å². The van der Waals surface area contributed by atoms with E-state index in [0.29, 0.717) is 11.8 Å². The predicted octanol–water partition coefficient (Wildman–Crippen LogP) is 3.12. The fraction of sp³-hybridized carbons (Fsp3) is 0.368. The number of nitrogens with zero attached hydrogens (tertiary/aromatic N) is 2. The van der Waals surface area contributed by atoms with Crippen molar-refractivity contribution >= 4 is 11.4 Å². The number of phenolic OH excluding ortho intramolecular Hbond substituents is 1. The normalized spacial score (nSPS) is 18.2. The van der Waals surface area contributed by atoms with Gasteiger partial charge in [-0.2, -0.15) is 0 Å². The lowest BCUT2D eigenvalue weighted by atomic mass is 10.1. The van der Waals surface area contributed by atoms with Crippen LogP contribution >= 0.6 is 0 Å². The average molecular weight is 312 g/mol. The van der Waals surface area contributed by atoms with E-state index in [1.54, 1.807) is 13.2 Å². The predicted molar refractivity (Wildman–Crippen MR) is 94.4 cm³/mol. The van der Waals surface area contributed by atoms with Crippen LogP contribution in [0.1, 0.15) is 6.42 Å². The van der Waals surface area contributed by atoms with Gasteiger partial charge >= 0.3 is 0 Å². The third-order valence-electron chi connectivity index (χ3n) is 4.42. The maximum absolute atomic E-state index is 9.77. The summed E-state index contributed by atoms with van der Waals surface area (Å²) in [7, 11) is 1.75. The molecule has 1 heterocycles. The molecule has 4 nitrogen and oxygen atoms in total. The minimum Gasteiger partial charge on any atom is -0.508 e. The van der Waals surface area contributed by atoms with Crippen molar-refractivity contribution in [2.75, 3.05) is 43.2 Å². The number of methoxy groups -OCH3 is 1. The molecule has 0 aliphatic carbocycles. The first-order valence-corrected chi connectivity index (χ1v) is 8.12. The molecule has 1 aliphatic rings. The molecule has 1 aliphatic heterocycles. The Hall–Kier alpha value is -2.20. The molecule has 1 fully saturated rings. The summed E-state index contributed by atoms with van der Waals surface area (Å²) in [5.41, 5.74) is 2.35. The van der Waals surface area contributed by atoms with E-state index in [-0.39, 0.29) is 0 Å². The van der Waals surface area contributed by atoms with E-state index >= 15 is 0 Å². The van der Waals surface area contributed by atoms with Crippen molar-refractivity contribution in [1.29, 1.82) is 0 Å². The fourth-order valence-corrected chi connectivity index (χ4v) is 3.24. The smallest absolute Gasteiger partial charge is 0.117 e. The maximum Gasteiger partial charge on any atom is 0.117 e. The first-order chi connectivity index (χ1) is 11.3. The van der Waals surface area contributed by atoms with Gasteiger partial charge in [-0.25, -0.2) is 0 Å². The molecular formula is C19H24N2O2. The third kappa shape index (κ3) is 3.77. The van der Waals surface area contributed by atoms with Gasteiger partial charge in [0.1, 0.15) is 5.75 Å². The molecule has 0 radical (unpaired) electrons. The van der Waals surface area contributed by atoms with Crippen LogP contribution in [0.4, 0.5) is 11.4 Å². The third-order valence-corrected chi connectivity index (χ3v) is 4.42. The van der Waals surface area contributed by atoms with Crippen molar-refractivity contribution in [3.8, 4) is 5.75 Å². The van der Waals surface area contributed by atoms with Crippen LogP contribution in [0.3, 0.4) is 0 Å². The molecule has 23 heavy (non-hydrogen) atoms. The molecule has 2 aromatic carbocycles. The van der Waals surface area contributed by atoms with Crippen molar-refractivity contribution in [3.63, 3.8) is 0 Å². The SMILES string of the molecule is COCCC1CN(c2ccccc2)CCN1c1cccc(O)c1. The fourth-order valence-electron chi connectivity index (χ4n) is 3.24. The Morgan fingerprint density at radius 3 is 2.57 bits per heavy atom. The van der Waals surface area contributed by atoms with Gasteiger partial charge in [-0.15, -0.1) is 0 Å². The highest BCUT2D eigenvalue weighted by Crippen LogP contribution is 2.27. The number of para-hydroxylation sites is 1. The molecule has 2 aromatic rings. The van der Waals surface area contributed by atoms with Gasteiger partial charge in [-0.05, 0) is 30.7 Å². The average Bonchev–Trinajstić information content (AvgIpc) is 2.60. The second-order valence-corrected chi connectivity index (χ2v) is 5.93. The maximum atomic E-state index is 9.77. The summed E-state index contributed by atoms with van der Waals surface area (Å²) in [6, 6.07) is 18.4. The number of anilines is 2. The molecule has 0 spiro atoms. The summed E-state index contributed by atoms with van der Waals surface area (Å²) < 4.78 is 5.30. The Labute approximate surface area is 137 Å². The quantitative estimate of drug-likeness (QED) is 0.920. The standard InChI is InChI=1S/C19H24N2O2/c1-23-13-10-18-15-20(16-6-3-2-4-7-16)11-12-21(18)17-8-5-9-19(22)14-17/h2-9,14,18,22H,10-13,15H2,1H3. The summed E-state index contributed by atoms with van der Waals surface area (Å²) in [5.74, 6) is 0.318. The van der Waals surface area contributed by atoms with Crippen LogP contribution in [0, 0.1) is 0 Å². The van der Waals surface area contributed by atoms with Gasteiger partial charge in [0.15, 0.2) is 0 Å². The van der Waals surface area contributed by atoms with Crippen molar-refractivity contribution < 1.29 is 9.84 Å². The van der Waals surface area contributed by atoms with Crippen LogP contribution in [-0.4, -0.2) is 44.5 Å². The zero-order valence-corrected chi connectivity index (χ0v) is 13.6. The van der Waals surface area contributed by atoms with E-state index in [1.165, 1.54) is 5.69 Å². The van der Waals surface area contributed by atoms with Gasteiger partial charge < -0.3 is 19.6 Å². The highest BCUT2D eigenvalue weighted by atomic mass is 16.5. The monoisotopic (exact) mass is 312 g/mol. The van der Waals surface area contributed by atoms with Gasteiger partial charge in [0.2, 0.25) is 0 Å². The number of hydrogen-bond acceptors (Lipinski definition) is 4. The highest BCUT2D eigenvalue weighted by Gasteiger charge is 2.27. The van der Waals surface area contributed by atoms with Crippen LogP contribution in [0.5, 0.6) is 5.75 Å². The Kier molecular flexibility index (Phi) is 5.03. The molecule has 0 saturated carbocycles. The van der Waals surface area contributed by atoms with Crippen LogP contribution < -0.4 is 9.80 Å². The van der Waals surface area contributed by atoms with Crippen molar-refractivity contribution in [2.24, 2.45) is 0 Å². The molecule has 1 saturated heterocycles. The number of benzene rings is 2. The zero-order chi connectivity index (χ0) is 16.1. The van der Waals surface area contributed by atoms with Crippen LogP contribution in [0.25, 0.3) is 0 Å². The van der Waals surface area contributed by atoms with E-state index in [0.717, 1.165) is 38.3 Å². The summed E-state index contributed by atoms with van der Waals surface area (Å²) in [5, 5.41) is 9.77. The Morgan fingerprint density at radius 2 is 1.83 bits per heavy atom. The molecule has 4 heteroatoms. The number of ether oxygens (including phenoxy) is 1. The van der Waals surface area contributed by atoms with Crippen molar-refractivity contribution in [1.82, 2.24) is 0 Å². The van der Waals surface area contributed by atoms with Crippen molar-refractivity contribution in [2.45, 2.75) is 12.5 Å². The van der Waals surface area contributed by atoms with E-state index in [9.17, 15) is 5.11 Å². The van der Waals surface area contributed by atoms with Gasteiger partial charge in [-0.3, -0.25) is 0 Å². The lowest BCUT2D eigenvalue weighted by molar-refractivity contribution is 0.185. The van der Waals surface area contributed by atoms with Crippen LogP contribution in [0.15, 0.2) is 54.6 Å². The molecule has 0 aromatic heterocycles. The molecule has 122 valence electrons. The molecule has 0 bridgehead atoms. The first kappa shape index (κ1) is 15.7. The summed E-state index contributed by atoms with van der Waals surface area (Å²) in [4.78, 5) is 4.82. The molecule has 0 amide bonds. The zero-order valence-electron chi connectivity index (χ0n) is 13.6. The van der Waals surface area contributed by atoms with Gasteiger partial charge in [0.05, 0.1) is 0 Å². The summed E-state index contributed by atoms with van der Waals surface area (Å²) in [6.45, 7) is 3.61. The van der Waals surface area contributed by atoms with Crippen LogP contribution in [0.2, 0.25) is 0 Å². The molecule has 1 atom stereocenters. The Bertz CT molecular complexity index is 618. The minimum atomic E-state index is 0.318. The molecular weight excluding hydrogens is 288 g/mol. The molecule has 1 unspecified atom stereocenters. The number of aromatic hydroxyl groups is 1. The lowest BCUT2D eigenvalue weighted by Gasteiger charge is -2.44. The number of piperazine rings is 1. The minimum absolute atomic E-state index is 0.318. The van der Waals surface area contributed by atoms with Gasteiger partial charge in [0, 0.05) is 56.8 Å². The van der Waals surface area contributed by atoms with Crippen LogP contribution in [-0.2, 0) is 4.74 Å². The van der Waals surface area contributed by atoms with Crippen molar-refractivity contribution in [3.05, 3.63) is 54.6 Å². The number of rotatable bonds is 5. The largest absolute Gasteiger partial charge is 0.508 e. The van der Waals surface area contributed by atoms with Gasteiger partial charge in [-0.1, -0.05) is 24.3 Å². The molecule has 1 N–H and O–H groups in total. The Balaban J connectivity index is 1.78. The van der Waals surface area contributed by atoms with E-state index in [4.69, 9.17) is 4.74 Å². The van der Waals surface area contributed by atoms with E-state index < -0.39 is 0 Å². The topological polar surface area (TPSA) is 35.9 Å². The second kappa shape index (κ2) is 7.38. The lowest BCUT2D eigenvalue weighted by Crippen LogP contribution is -2.53. The number of hydrogen-bond donors (Lipinski definition) is 1. The summed E-state index contributed by atoms with van der Waals surface area (Å²) >= 11 is 0. The Morgan fingerprint density at radius 1 is 1.04 bits per heavy atom. The summed E-state index contributed by atoms with van der Waals surface area (Å²) in [6.07, 6.45) is 0.968. The number of phenols is 1. The highest BCUT2D eigenvalue weighted by molar-refractivity contribution is 5.54. The second-order valence-electron chi connectivity index (χ2n) is 5.93. The van der Waals surface area contributed by atoms with E-state index in [1.807, 2.05) is 12.1 Å².